The predicted octanol–water partition coefficient (Wildman–Crippen LogP) is 3.24. The summed E-state index contributed by atoms with van der Waals surface area (Å²) in [6.45, 7) is 5.83. The van der Waals surface area contributed by atoms with E-state index in [1.165, 1.54) is 0 Å². The molecule has 0 aliphatic rings. The number of aromatic nitrogens is 1. The van der Waals surface area contributed by atoms with E-state index in [1.807, 2.05) is 51.1 Å². The van der Waals surface area contributed by atoms with Crippen LogP contribution in [0.5, 0.6) is 0 Å². The van der Waals surface area contributed by atoms with Crippen LogP contribution in [0.1, 0.15) is 32.7 Å². The predicted molar refractivity (Wildman–Crippen MR) is 68.3 cm³/mol. The molecule has 2 rings (SSSR count). The number of carbonyl (C=O) groups excluding carboxylic acids is 1. The van der Waals surface area contributed by atoms with E-state index < -0.39 is 0 Å². The molecule has 2 heteroatoms. The van der Waals surface area contributed by atoms with E-state index in [-0.39, 0.29) is 5.78 Å². The summed E-state index contributed by atoms with van der Waals surface area (Å²) in [5.74, 6) is 0.0492. The number of hydrogen-bond donors (Lipinski definition) is 0. The number of benzene rings is 1. The maximum Gasteiger partial charge on any atom is 0.195 e. The van der Waals surface area contributed by atoms with Crippen LogP contribution < -0.4 is 0 Å². The standard InChI is InChI=1S/C15H15NO/c1-10-5-4-6-11(2)14(10)15(17)13-8-7-12(3)16-9-13/h4-9H,1-3H3. The fourth-order valence-electron chi connectivity index (χ4n) is 1.92. The summed E-state index contributed by atoms with van der Waals surface area (Å²) in [5, 5.41) is 0. The monoisotopic (exact) mass is 225 g/mol. The molecule has 0 saturated heterocycles. The van der Waals surface area contributed by atoms with Gasteiger partial charge in [-0.3, -0.25) is 9.78 Å². The topological polar surface area (TPSA) is 30.0 Å². The Morgan fingerprint density at radius 1 is 1.00 bits per heavy atom. The molecule has 0 aliphatic carbocycles. The van der Waals surface area contributed by atoms with Crippen molar-refractivity contribution in [3.63, 3.8) is 0 Å². The molecule has 0 atom stereocenters. The molecule has 86 valence electrons. The number of pyridine rings is 1. The first-order valence-corrected chi connectivity index (χ1v) is 5.63. The molecule has 1 heterocycles. The summed E-state index contributed by atoms with van der Waals surface area (Å²) in [6, 6.07) is 9.58. The SMILES string of the molecule is Cc1ccc(C(=O)c2c(C)cccc2C)cn1. The molecule has 0 unspecified atom stereocenters. The molecule has 2 aromatic rings. The minimum absolute atomic E-state index is 0.0492. The second-order valence-corrected chi connectivity index (χ2v) is 4.28. The molecule has 1 aromatic heterocycles. The number of aryl methyl sites for hydroxylation is 3. The number of nitrogens with zero attached hydrogens (tertiary/aromatic N) is 1. The Kier molecular flexibility index (Phi) is 3.05. The highest BCUT2D eigenvalue weighted by Gasteiger charge is 2.13. The molecular weight excluding hydrogens is 210 g/mol. The maximum atomic E-state index is 12.4. The zero-order chi connectivity index (χ0) is 12.4. The van der Waals surface area contributed by atoms with Gasteiger partial charge in [0, 0.05) is 23.0 Å². The van der Waals surface area contributed by atoms with Crippen LogP contribution in [0.3, 0.4) is 0 Å². The Morgan fingerprint density at radius 3 is 2.18 bits per heavy atom. The van der Waals surface area contributed by atoms with Gasteiger partial charge < -0.3 is 0 Å². The van der Waals surface area contributed by atoms with Gasteiger partial charge in [0.05, 0.1) is 0 Å². The van der Waals surface area contributed by atoms with E-state index in [1.54, 1.807) is 6.20 Å². The average molecular weight is 225 g/mol. The number of rotatable bonds is 2. The zero-order valence-corrected chi connectivity index (χ0v) is 10.3. The molecule has 0 amide bonds. The third-order valence-corrected chi connectivity index (χ3v) is 2.88. The van der Waals surface area contributed by atoms with Gasteiger partial charge in [-0.2, -0.15) is 0 Å². The minimum Gasteiger partial charge on any atom is -0.289 e. The van der Waals surface area contributed by atoms with Gasteiger partial charge in [0.25, 0.3) is 0 Å². The maximum absolute atomic E-state index is 12.4. The van der Waals surface area contributed by atoms with E-state index in [0.717, 1.165) is 22.4 Å². The molecule has 17 heavy (non-hydrogen) atoms. The highest BCUT2D eigenvalue weighted by atomic mass is 16.1. The summed E-state index contributed by atoms with van der Waals surface area (Å²) in [5.41, 5.74) is 4.38. The lowest BCUT2D eigenvalue weighted by atomic mass is 9.96. The lowest BCUT2D eigenvalue weighted by Crippen LogP contribution is -2.06. The lowest BCUT2D eigenvalue weighted by molar-refractivity contribution is 0.103. The quantitative estimate of drug-likeness (QED) is 0.734. The summed E-state index contributed by atoms with van der Waals surface area (Å²) in [4.78, 5) is 16.5. The third-order valence-electron chi connectivity index (χ3n) is 2.88. The Balaban J connectivity index is 2.47. The van der Waals surface area contributed by atoms with Crippen molar-refractivity contribution in [1.29, 1.82) is 0 Å². The normalized spacial score (nSPS) is 10.3. The molecule has 0 N–H and O–H groups in total. The fourth-order valence-corrected chi connectivity index (χ4v) is 1.92. The Hall–Kier alpha value is -1.96. The van der Waals surface area contributed by atoms with Crippen molar-refractivity contribution >= 4 is 5.78 Å². The smallest absolute Gasteiger partial charge is 0.195 e. The second kappa shape index (κ2) is 4.50. The van der Waals surface area contributed by atoms with Gasteiger partial charge in [0.2, 0.25) is 0 Å². The molecular formula is C15H15NO. The van der Waals surface area contributed by atoms with Crippen molar-refractivity contribution in [3.05, 3.63) is 64.5 Å². The fraction of sp³-hybridized carbons (Fsp3) is 0.200. The van der Waals surface area contributed by atoms with Gasteiger partial charge in [-0.25, -0.2) is 0 Å². The average Bonchev–Trinajstić information content (AvgIpc) is 2.29. The molecule has 0 aliphatic heterocycles. The van der Waals surface area contributed by atoms with Crippen LogP contribution in [0.25, 0.3) is 0 Å². The van der Waals surface area contributed by atoms with Crippen LogP contribution in [-0.4, -0.2) is 10.8 Å². The molecule has 2 nitrogen and oxygen atoms in total. The zero-order valence-electron chi connectivity index (χ0n) is 10.3. The van der Waals surface area contributed by atoms with E-state index >= 15 is 0 Å². The number of hydrogen-bond acceptors (Lipinski definition) is 2. The molecule has 0 fully saturated rings. The summed E-state index contributed by atoms with van der Waals surface area (Å²) in [6.07, 6.45) is 1.64. The van der Waals surface area contributed by atoms with Crippen LogP contribution >= 0.6 is 0 Å². The summed E-state index contributed by atoms with van der Waals surface area (Å²) < 4.78 is 0. The number of carbonyl (C=O) groups is 1. The van der Waals surface area contributed by atoms with Crippen LogP contribution in [0, 0.1) is 20.8 Å². The summed E-state index contributed by atoms with van der Waals surface area (Å²) in [7, 11) is 0. The molecule has 0 radical (unpaired) electrons. The first kappa shape index (κ1) is 11.5. The lowest BCUT2D eigenvalue weighted by Gasteiger charge is -2.08. The first-order chi connectivity index (χ1) is 8.09. The van der Waals surface area contributed by atoms with Gasteiger partial charge in [0.15, 0.2) is 5.78 Å². The van der Waals surface area contributed by atoms with Gasteiger partial charge in [0.1, 0.15) is 0 Å². The van der Waals surface area contributed by atoms with Gasteiger partial charge >= 0.3 is 0 Å². The van der Waals surface area contributed by atoms with Crippen molar-refractivity contribution in [2.45, 2.75) is 20.8 Å². The highest BCUT2D eigenvalue weighted by molar-refractivity contribution is 6.10. The van der Waals surface area contributed by atoms with Gasteiger partial charge in [-0.15, -0.1) is 0 Å². The van der Waals surface area contributed by atoms with E-state index in [9.17, 15) is 4.79 Å². The van der Waals surface area contributed by atoms with E-state index in [0.29, 0.717) is 5.56 Å². The summed E-state index contributed by atoms with van der Waals surface area (Å²) >= 11 is 0. The molecule has 1 aromatic carbocycles. The largest absolute Gasteiger partial charge is 0.289 e. The van der Waals surface area contributed by atoms with Crippen LogP contribution in [0.4, 0.5) is 0 Å². The van der Waals surface area contributed by atoms with Crippen LogP contribution in [0.2, 0.25) is 0 Å². The van der Waals surface area contributed by atoms with E-state index in [2.05, 4.69) is 4.98 Å². The molecule has 0 saturated carbocycles. The van der Waals surface area contributed by atoms with E-state index in [4.69, 9.17) is 0 Å². The van der Waals surface area contributed by atoms with Crippen molar-refractivity contribution in [2.75, 3.05) is 0 Å². The van der Waals surface area contributed by atoms with Crippen molar-refractivity contribution in [1.82, 2.24) is 4.98 Å². The number of ketones is 1. The van der Waals surface area contributed by atoms with Gasteiger partial charge in [-0.1, -0.05) is 18.2 Å². The Morgan fingerprint density at radius 2 is 1.65 bits per heavy atom. The third kappa shape index (κ3) is 2.26. The van der Waals surface area contributed by atoms with Crippen LogP contribution in [0.15, 0.2) is 36.5 Å². The van der Waals surface area contributed by atoms with Crippen LogP contribution in [-0.2, 0) is 0 Å². The Labute approximate surface area is 101 Å². The molecule has 0 spiro atoms. The highest BCUT2D eigenvalue weighted by Crippen LogP contribution is 2.17. The second-order valence-electron chi connectivity index (χ2n) is 4.28. The van der Waals surface area contributed by atoms with Crippen molar-refractivity contribution < 1.29 is 4.79 Å². The van der Waals surface area contributed by atoms with Crippen molar-refractivity contribution in [3.8, 4) is 0 Å². The first-order valence-electron chi connectivity index (χ1n) is 5.63. The molecule has 0 bridgehead atoms. The van der Waals surface area contributed by atoms with Gasteiger partial charge in [-0.05, 0) is 44.0 Å². The van der Waals surface area contributed by atoms with Crippen molar-refractivity contribution in [2.24, 2.45) is 0 Å². The minimum atomic E-state index is 0.0492. The Bertz CT molecular complexity index is 535.